The minimum Gasteiger partial charge on any atom is -0.337 e. The summed E-state index contributed by atoms with van der Waals surface area (Å²) in [4.78, 5) is 3.61. The van der Waals surface area contributed by atoms with Crippen molar-refractivity contribution in [2.24, 2.45) is 0 Å². The van der Waals surface area contributed by atoms with E-state index in [1.54, 1.807) is 0 Å². The fraction of sp³-hybridized carbons (Fsp3) is 1.00. The molecule has 0 saturated heterocycles. The fourth-order valence-electron chi connectivity index (χ4n) is 0.838. The second kappa shape index (κ2) is 5.10. The van der Waals surface area contributed by atoms with Gasteiger partial charge >= 0.3 is 0 Å². The van der Waals surface area contributed by atoms with E-state index in [1.807, 2.05) is 0 Å². The number of hydrogen-bond acceptors (Lipinski definition) is 1. The smallest absolute Gasteiger partial charge is 0.116 e. The molecule has 0 rings (SSSR count). The summed E-state index contributed by atoms with van der Waals surface area (Å²) in [5.41, 5.74) is 0. The summed E-state index contributed by atoms with van der Waals surface area (Å²) in [6.07, 6.45) is 2.82. The Kier molecular flexibility index (Phi) is 5.30. The Labute approximate surface area is 69.1 Å². The standard InChI is InChI=1S/C7H21NSi2/c1-10(2,3)8-6-4-5-7-9/h8H,4-7H2,1-3,9H3. The number of unbranched alkanes of at least 4 members (excludes halogenated alkanes) is 1. The van der Waals surface area contributed by atoms with Gasteiger partial charge in [0.25, 0.3) is 0 Å². The largest absolute Gasteiger partial charge is 0.337 e. The predicted molar refractivity (Wildman–Crippen MR) is 55.3 cm³/mol. The first-order valence-corrected chi connectivity index (χ1v) is 9.22. The molecule has 0 radical (unpaired) electrons. The molecule has 0 aromatic carbocycles. The van der Waals surface area contributed by atoms with Crippen molar-refractivity contribution in [2.75, 3.05) is 6.54 Å². The minimum atomic E-state index is -0.946. The van der Waals surface area contributed by atoms with E-state index >= 15 is 0 Å². The van der Waals surface area contributed by atoms with E-state index in [0.717, 1.165) is 0 Å². The summed E-state index contributed by atoms with van der Waals surface area (Å²) in [6, 6.07) is 1.47. The van der Waals surface area contributed by atoms with Crippen molar-refractivity contribution in [3.05, 3.63) is 0 Å². The topological polar surface area (TPSA) is 12.0 Å². The van der Waals surface area contributed by atoms with Crippen LogP contribution in [0.2, 0.25) is 25.7 Å². The molecule has 0 fully saturated rings. The van der Waals surface area contributed by atoms with Crippen LogP contribution in [0.5, 0.6) is 0 Å². The van der Waals surface area contributed by atoms with Gasteiger partial charge in [-0.05, 0) is 13.0 Å². The van der Waals surface area contributed by atoms with Gasteiger partial charge in [-0.1, -0.05) is 32.1 Å². The van der Waals surface area contributed by atoms with Gasteiger partial charge in [0.1, 0.15) is 8.24 Å². The quantitative estimate of drug-likeness (QED) is 0.485. The van der Waals surface area contributed by atoms with Crippen LogP contribution < -0.4 is 4.98 Å². The van der Waals surface area contributed by atoms with Crippen molar-refractivity contribution in [1.82, 2.24) is 4.98 Å². The van der Waals surface area contributed by atoms with E-state index in [4.69, 9.17) is 0 Å². The number of nitrogens with one attached hydrogen (secondary N) is 1. The Balaban J connectivity index is 3.04. The van der Waals surface area contributed by atoms with Crippen LogP contribution in [0.3, 0.4) is 0 Å². The van der Waals surface area contributed by atoms with Crippen molar-refractivity contribution >= 4 is 18.5 Å². The van der Waals surface area contributed by atoms with Crippen molar-refractivity contribution < 1.29 is 0 Å². The van der Waals surface area contributed by atoms with Gasteiger partial charge < -0.3 is 4.98 Å². The zero-order chi connectivity index (χ0) is 8.04. The van der Waals surface area contributed by atoms with Crippen molar-refractivity contribution in [1.29, 1.82) is 0 Å². The second-order valence-corrected chi connectivity index (χ2v) is 9.74. The zero-order valence-corrected chi connectivity index (χ0v) is 10.8. The van der Waals surface area contributed by atoms with Gasteiger partial charge in [0.2, 0.25) is 0 Å². The SMILES string of the molecule is C[Si](C)(C)NCCCC[SiH3]. The molecule has 0 aromatic rings. The van der Waals surface area contributed by atoms with Crippen LogP contribution in [-0.2, 0) is 0 Å². The average molecular weight is 175 g/mol. The van der Waals surface area contributed by atoms with E-state index in [2.05, 4.69) is 24.6 Å². The third-order valence-electron chi connectivity index (χ3n) is 1.44. The molecule has 0 atom stereocenters. The highest BCUT2D eigenvalue weighted by Crippen LogP contribution is 1.96. The van der Waals surface area contributed by atoms with E-state index in [0.29, 0.717) is 0 Å². The van der Waals surface area contributed by atoms with E-state index in [-0.39, 0.29) is 0 Å². The molecular weight excluding hydrogens is 154 g/mol. The molecule has 0 bridgehead atoms. The van der Waals surface area contributed by atoms with E-state index < -0.39 is 8.24 Å². The Morgan fingerprint density at radius 1 is 1.20 bits per heavy atom. The highest BCUT2D eigenvalue weighted by molar-refractivity contribution is 6.73. The van der Waals surface area contributed by atoms with Crippen LogP contribution >= 0.6 is 0 Å². The summed E-state index contributed by atoms with van der Waals surface area (Å²) in [6.45, 7) is 8.31. The van der Waals surface area contributed by atoms with Crippen LogP contribution in [0.15, 0.2) is 0 Å². The Morgan fingerprint density at radius 3 is 2.20 bits per heavy atom. The lowest BCUT2D eigenvalue weighted by Gasteiger charge is -2.17. The lowest BCUT2D eigenvalue weighted by Crippen LogP contribution is -2.41. The van der Waals surface area contributed by atoms with Gasteiger partial charge in [-0.15, -0.1) is 0 Å². The molecule has 0 aromatic heterocycles. The number of hydrogen-bond donors (Lipinski definition) is 1. The normalized spacial score (nSPS) is 12.3. The molecule has 0 aliphatic rings. The first kappa shape index (κ1) is 10.4. The molecule has 3 heteroatoms. The van der Waals surface area contributed by atoms with Crippen LogP contribution in [-0.4, -0.2) is 25.0 Å². The highest BCUT2D eigenvalue weighted by atomic mass is 28.3. The number of rotatable bonds is 5. The first-order chi connectivity index (χ1) is 4.56. The van der Waals surface area contributed by atoms with Gasteiger partial charge in [0.15, 0.2) is 0 Å². The first-order valence-electron chi connectivity index (χ1n) is 4.31. The Bertz CT molecular complexity index is 78.2. The molecule has 0 heterocycles. The molecule has 1 N–H and O–H groups in total. The van der Waals surface area contributed by atoms with E-state index in [1.165, 1.54) is 35.7 Å². The van der Waals surface area contributed by atoms with Gasteiger partial charge in [-0.2, -0.15) is 0 Å². The van der Waals surface area contributed by atoms with Gasteiger partial charge in [-0.3, -0.25) is 0 Å². The summed E-state index contributed by atoms with van der Waals surface area (Å²) in [5.74, 6) is 0. The molecule has 1 nitrogen and oxygen atoms in total. The Hall–Kier alpha value is 0.394. The molecule has 62 valence electrons. The molecule has 0 amide bonds. The zero-order valence-electron chi connectivity index (χ0n) is 7.83. The predicted octanol–water partition coefficient (Wildman–Crippen LogP) is 0.975. The third kappa shape index (κ3) is 8.39. The monoisotopic (exact) mass is 175 g/mol. The highest BCUT2D eigenvalue weighted by Gasteiger charge is 2.09. The molecule has 0 aliphatic carbocycles. The summed E-state index contributed by atoms with van der Waals surface area (Å²) >= 11 is 0. The minimum absolute atomic E-state index is 0.946. The van der Waals surface area contributed by atoms with Gasteiger partial charge in [0, 0.05) is 10.2 Å². The lowest BCUT2D eigenvalue weighted by molar-refractivity contribution is 0.755. The van der Waals surface area contributed by atoms with Crippen LogP contribution in [0.25, 0.3) is 0 Å². The summed E-state index contributed by atoms with van der Waals surface area (Å²) < 4.78 is 0. The van der Waals surface area contributed by atoms with Crippen LogP contribution in [0.1, 0.15) is 12.8 Å². The summed E-state index contributed by atoms with van der Waals surface area (Å²) in [5, 5.41) is 0. The lowest BCUT2D eigenvalue weighted by atomic mass is 10.3. The maximum absolute atomic E-state index is 3.61. The molecule has 0 unspecified atom stereocenters. The summed E-state index contributed by atoms with van der Waals surface area (Å²) in [7, 11) is 0.433. The van der Waals surface area contributed by atoms with Crippen LogP contribution in [0.4, 0.5) is 0 Å². The van der Waals surface area contributed by atoms with Crippen molar-refractivity contribution in [3.63, 3.8) is 0 Å². The van der Waals surface area contributed by atoms with Crippen molar-refractivity contribution in [3.8, 4) is 0 Å². The molecule has 0 aliphatic heterocycles. The fourth-order valence-corrected chi connectivity index (χ4v) is 2.27. The average Bonchev–Trinajstić information content (AvgIpc) is 1.78. The molecular formula is C7H21NSi2. The van der Waals surface area contributed by atoms with E-state index in [9.17, 15) is 0 Å². The molecule has 0 saturated carbocycles. The maximum atomic E-state index is 3.61. The second-order valence-electron chi connectivity index (χ2n) is 3.88. The third-order valence-corrected chi connectivity index (χ3v) is 3.45. The van der Waals surface area contributed by atoms with Gasteiger partial charge in [0.05, 0.1) is 0 Å². The van der Waals surface area contributed by atoms with Crippen LogP contribution in [0, 0.1) is 0 Å². The van der Waals surface area contributed by atoms with Crippen molar-refractivity contribution in [2.45, 2.75) is 38.5 Å². The maximum Gasteiger partial charge on any atom is 0.116 e. The molecule has 0 spiro atoms. The van der Waals surface area contributed by atoms with Gasteiger partial charge in [-0.25, -0.2) is 0 Å². The molecule has 10 heavy (non-hydrogen) atoms. The Morgan fingerprint density at radius 2 is 1.80 bits per heavy atom.